The van der Waals surface area contributed by atoms with E-state index in [2.05, 4.69) is 31.0 Å². The van der Waals surface area contributed by atoms with Crippen LogP contribution in [-0.2, 0) is 21.9 Å². The Labute approximate surface area is 131 Å². The third kappa shape index (κ3) is 3.61. The number of nitrogens with zero attached hydrogens (tertiary/aromatic N) is 3. The van der Waals surface area contributed by atoms with E-state index in [4.69, 9.17) is 0 Å². The number of hydrogen-bond acceptors (Lipinski definition) is 5. The van der Waals surface area contributed by atoms with E-state index in [1.165, 1.54) is 7.05 Å². The predicted molar refractivity (Wildman–Crippen MR) is 77.0 cm³/mol. The molecule has 8 nitrogen and oxygen atoms in total. The molecular formula is C11H17BrN4O4S. The van der Waals surface area contributed by atoms with Crippen molar-refractivity contribution >= 4 is 31.9 Å². The van der Waals surface area contributed by atoms with E-state index in [1.54, 1.807) is 0 Å². The minimum atomic E-state index is -3.88. The molecule has 1 aromatic rings. The fourth-order valence-electron chi connectivity index (χ4n) is 2.61. The molecule has 2 atom stereocenters. The van der Waals surface area contributed by atoms with Gasteiger partial charge < -0.3 is 5.11 Å². The summed E-state index contributed by atoms with van der Waals surface area (Å²) in [4.78, 5) is 11.3. The van der Waals surface area contributed by atoms with Crippen LogP contribution in [0, 0.1) is 5.92 Å². The molecule has 1 aliphatic rings. The summed E-state index contributed by atoms with van der Waals surface area (Å²) in [6.07, 6.45) is 3.51. The molecule has 0 aromatic carbocycles. The quantitative estimate of drug-likeness (QED) is 0.749. The van der Waals surface area contributed by atoms with Crippen LogP contribution < -0.4 is 4.72 Å². The van der Waals surface area contributed by atoms with Gasteiger partial charge in [-0.25, -0.2) is 17.8 Å². The smallest absolute Gasteiger partial charge is 0.308 e. The van der Waals surface area contributed by atoms with Gasteiger partial charge in [-0.3, -0.25) is 4.79 Å². The summed E-state index contributed by atoms with van der Waals surface area (Å²) >= 11 is 3.05. The van der Waals surface area contributed by atoms with Gasteiger partial charge in [0.2, 0.25) is 5.03 Å². The van der Waals surface area contributed by atoms with Crippen LogP contribution in [0.3, 0.4) is 0 Å². The van der Waals surface area contributed by atoms with E-state index in [1.807, 2.05) is 0 Å². The highest BCUT2D eigenvalue weighted by molar-refractivity contribution is 9.10. The van der Waals surface area contributed by atoms with Crippen molar-refractivity contribution in [2.45, 2.75) is 43.2 Å². The van der Waals surface area contributed by atoms with Crippen molar-refractivity contribution < 1.29 is 18.3 Å². The number of hydrogen-bond donors (Lipinski definition) is 2. The van der Waals surface area contributed by atoms with Gasteiger partial charge in [0, 0.05) is 13.1 Å². The highest BCUT2D eigenvalue weighted by atomic mass is 79.9. The Bertz CT molecular complexity index is 611. The number of aromatic nitrogens is 3. The normalized spacial score (nSPS) is 23.7. The zero-order chi connectivity index (χ0) is 15.6. The average Bonchev–Trinajstić information content (AvgIpc) is 2.60. The van der Waals surface area contributed by atoms with E-state index in [0.717, 1.165) is 23.9 Å². The van der Waals surface area contributed by atoms with Gasteiger partial charge in [-0.1, -0.05) is 24.5 Å². The second-order valence-electron chi connectivity index (χ2n) is 5.12. The molecule has 2 unspecified atom stereocenters. The number of halogens is 1. The second kappa shape index (κ2) is 6.41. The summed E-state index contributed by atoms with van der Waals surface area (Å²) in [6.45, 7) is 0. The Morgan fingerprint density at radius 3 is 2.62 bits per heavy atom. The lowest BCUT2D eigenvalue weighted by Crippen LogP contribution is -2.43. The van der Waals surface area contributed by atoms with E-state index < -0.39 is 28.0 Å². The van der Waals surface area contributed by atoms with E-state index in [-0.39, 0.29) is 9.63 Å². The van der Waals surface area contributed by atoms with Gasteiger partial charge in [0.25, 0.3) is 10.0 Å². The first-order chi connectivity index (χ1) is 9.83. The van der Waals surface area contributed by atoms with Crippen molar-refractivity contribution in [3.05, 3.63) is 4.60 Å². The molecule has 0 saturated heterocycles. The Kier molecular flexibility index (Phi) is 4.99. The maximum absolute atomic E-state index is 12.4. The number of aryl methyl sites for hydroxylation is 1. The van der Waals surface area contributed by atoms with Gasteiger partial charge in [0.15, 0.2) is 4.60 Å². The summed E-state index contributed by atoms with van der Waals surface area (Å²) < 4.78 is 28.7. The highest BCUT2D eigenvalue weighted by Crippen LogP contribution is 2.26. The lowest BCUT2D eigenvalue weighted by Gasteiger charge is -2.22. The molecule has 1 aromatic heterocycles. The summed E-state index contributed by atoms with van der Waals surface area (Å²) in [5.74, 6) is -1.67. The largest absolute Gasteiger partial charge is 0.481 e. The maximum atomic E-state index is 12.4. The molecule has 2 N–H and O–H groups in total. The monoisotopic (exact) mass is 380 g/mol. The standard InChI is InChI=1S/C11H17BrN4O4S/c1-16-10(9(12)13-15-16)21(19,20)14-8-6-4-2-3-5-7(8)11(17)18/h7-8,14H,2-6H2,1H3,(H,17,18). The molecule has 1 heterocycles. The van der Waals surface area contributed by atoms with Crippen LogP contribution in [0.1, 0.15) is 32.1 Å². The molecule has 0 spiro atoms. The maximum Gasteiger partial charge on any atom is 0.308 e. The van der Waals surface area contributed by atoms with E-state index in [9.17, 15) is 18.3 Å². The van der Waals surface area contributed by atoms with Crippen LogP contribution in [-0.4, -0.2) is 40.5 Å². The zero-order valence-electron chi connectivity index (χ0n) is 11.5. The minimum Gasteiger partial charge on any atom is -0.481 e. The van der Waals surface area contributed by atoms with E-state index in [0.29, 0.717) is 12.8 Å². The molecular weight excluding hydrogens is 364 g/mol. The zero-order valence-corrected chi connectivity index (χ0v) is 13.9. The van der Waals surface area contributed by atoms with Crippen LogP contribution in [0.4, 0.5) is 0 Å². The molecule has 2 rings (SSSR count). The van der Waals surface area contributed by atoms with Crippen molar-refractivity contribution in [1.29, 1.82) is 0 Å². The third-order valence-corrected chi connectivity index (χ3v) is 6.01. The number of rotatable bonds is 4. The van der Waals surface area contributed by atoms with Gasteiger partial charge in [0.05, 0.1) is 5.92 Å². The molecule has 0 aliphatic heterocycles. The summed E-state index contributed by atoms with van der Waals surface area (Å²) in [6, 6.07) is -0.614. The van der Waals surface area contributed by atoms with Crippen molar-refractivity contribution in [3.63, 3.8) is 0 Å². The first kappa shape index (κ1) is 16.4. The Balaban J connectivity index is 2.27. The van der Waals surface area contributed by atoms with Gasteiger partial charge >= 0.3 is 5.97 Å². The Morgan fingerprint density at radius 2 is 2.05 bits per heavy atom. The topological polar surface area (TPSA) is 114 Å². The molecule has 10 heteroatoms. The fraction of sp³-hybridized carbons (Fsp3) is 0.727. The van der Waals surface area contributed by atoms with Crippen LogP contribution in [0.25, 0.3) is 0 Å². The molecule has 0 bridgehead atoms. The number of carboxylic acids is 1. The van der Waals surface area contributed by atoms with Crippen LogP contribution >= 0.6 is 15.9 Å². The SMILES string of the molecule is Cn1nnc(Br)c1S(=O)(=O)NC1CCCCCC1C(=O)O. The summed E-state index contributed by atoms with van der Waals surface area (Å²) in [5.41, 5.74) is 0. The van der Waals surface area contributed by atoms with Gasteiger partial charge in [-0.2, -0.15) is 0 Å². The first-order valence-corrected chi connectivity index (χ1v) is 8.91. The van der Waals surface area contributed by atoms with Gasteiger partial charge in [-0.15, -0.1) is 5.10 Å². The molecule has 1 saturated carbocycles. The highest BCUT2D eigenvalue weighted by Gasteiger charge is 2.34. The number of carbonyl (C=O) groups is 1. The van der Waals surface area contributed by atoms with Crippen LogP contribution in [0.5, 0.6) is 0 Å². The third-order valence-electron chi connectivity index (χ3n) is 3.63. The Hall–Kier alpha value is -1.00. The van der Waals surface area contributed by atoms with Crippen LogP contribution in [0.2, 0.25) is 0 Å². The van der Waals surface area contributed by atoms with Crippen molar-refractivity contribution in [1.82, 2.24) is 19.7 Å². The van der Waals surface area contributed by atoms with Crippen molar-refractivity contribution in [2.75, 3.05) is 0 Å². The van der Waals surface area contributed by atoms with Crippen molar-refractivity contribution in [3.8, 4) is 0 Å². The first-order valence-electron chi connectivity index (χ1n) is 6.63. The number of aliphatic carboxylic acids is 1. The number of carboxylic acid groups (broad SMARTS) is 1. The minimum absolute atomic E-state index is 0.101. The lowest BCUT2D eigenvalue weighted by atomic mass is 9.96. The average molecular weight is 381 g/mol. The predicted octanol–water partition coefficient (Wildman–Crippen LogP) is 0.889. The fourth-order valence-corrected chi connectivity index (χ4v) is 5.01. The molecule has 118 valence electrons. The Morgan fingerprint density at radius 1 is 1.38 bits per heavy atom. The van der Waals surface area contributed by atoms with Crippen molar-refractivity contribution in [2.24, 2.45) is 13.0 Å². The molecule has 0 radical (unpaired) electrons. The van der Waals surface area contributed by atoms with Gasteiger partial charge in [-0.05, 0) is 28.8 Å². The molecule has 1 aliphatic carbocycles. The van der Waals surface area contributed by atoms with Gasteiger partial charge in [0.1, 0.15) is 0 Å². The number of sulfonamides is 1. The number of nitrogens with one attached hydrogen (secondary N) is 1. The molecule has 0 amide bonds. The van der Waals surface area contributed by atoms with Crippen LogP contribution in [0.15, 0.2) is 9.63 Å². The molecule has 21 heavy (non-hydrogen) atoms. The summed E-state index contributed by atoms with van der Waals surface area (Å²) in [5, 5.41) is 16.5. The lowest BCUT2D eigenvalue weighted by molar-refractivity contribution is -0.142. The van der Waals surface area contributed by atoms with E-state index >= 15 is 0 Å². The summed E-state index contributed by atoms with van der Waals surface area (Å²) in [7, 11) is -2.42. The molecule has 1 fully saturated rings. The second-order valence-corrected chi connectivity index (χ2v) is 7.50.